The molecule has 5 rings (SSSR count). The second-order valence-electron chi connectivity index (χ2n) is 8.29. The third-order valence-corrected chi connectivity index (χ3v) is 6.55. The molecule has 1 aliphatic heterocycles. The maximum absolute atomic E-state index is 12.1. The van der Waals surface area contributed by atoms with Gasteiger partial charge >= 0.3 is 0 Å². The van der Waals surface area contributed by atoms with Gasteiger partial charge in [-0.2, -0.15) is 4.98 Å². The first-order valence-corrected chi connectivity index (χ1v) is 12.8. The topological polar surface area (TPSA) is 135 Å². The van der Waals surface area contributed by atoms with Crippen molar-refractivity contribution in [2.24, 2.45) is 14.1 Å². The van der Waals surface area contributed by atoms with Gasteiger partial charge in [-0.15, -0.1) is 0 Å². The summed E-state index contributed by atoms with van der Waals surface area (Å²) in [5, 5.41) is 5.50. The van der Waals surface area contributed by atoms with Crippen LogP contribution in [0, 0.1) is 0 Å². The molecule has 37 heavy (non-hydrogen) atoms. The lowest BCUT2D eigenvalue weighted by atomic mass is 10.1. The van der Waals surface area contributed by atoms with Crippen LogP contribution >= 0.6 is 11.8 Å². The number of methoxy groups -OCH3 is 2. The standard InChI is InChI=1S/C14H18N4O3.C10H11N3O2S/c1-18-12-9(7-11(20-2)13(18)19)8-15-14(17-12)16-10-3-5-21-6-4-10;1-13-8-6(4-7(15-2)9(13)14)5-11-10(12-8)16-3/h7-8,10H,3-6H2,1-2H3,(H,15,16,17);4-5H,1-3H3. The zero-order chi connectivity index (χ0) is 26.5. The summed E-state index contributed by atoms with van der Waals surface area (Å²) in [5.74, 6) is 1.13. The normalized spacial score (nSPS) is 13.8. The van der Waals surface area contributed by atoms with Gasteiger partial charge in [0.1, 0.15) is 11.3 Å². The molecule has 0 aliphatic carbocycles. The average Bonchev–Trinajstić information content (AvgIpc) is 2.93. The van der Waals surface area contributed by atoms with E-state index in [2.05, 4.69) is 25.3 Å². The molecule has 1 N–H and O–H groups in total. The molecule has 0 atom stereocenters. The van der Waals surface area contributed by atoms with E-state index in [-0.39, 0.29) is 11.1 Å². The lowest BCUT2D eigenvalue weighted by Gasteiger charge is -2.23. The minimum absolute atomic E-state index is 0.194. The van der Waals surface area contributed by atoms with E-state index >= 15 is 0 Å². The van der Waals surface area contributed by atoms with Gasteiger partial charge in [0.25, 0.3) is 11.1 Å². The van der Waals surface area contributed by atoms with Crippen molar-refractivity contribution in [2.45, 2.75) is 24.0 Å². The first kappa shape index (κ1) is 26.4. The van der Waals surface area contributed by atoms with E-state index in [9.17, 15) is 9.59 Å². The predicted octanol–water partition coefficient (Wildman–Crippen LogP) is 1.99. The van der Waals surface area contributed by atoms with Gasteiger partial charge in [0, 0.05) is 56.5 Å². The summed E-state index contributed by atoms with van der Waals surface area (Å²) in [6, 6.07) is 3.63. The quantitative estimate of drug-likeness (QED) is 0.301. The number of hydrogen-bond acceptors (Lipinski definition) is 11. The number of rotatable bonds is 5. The lowest BCUT2D eigenvalue weighted by molar-refractivity contribution is 0.0903. The molecule has 0 saturated carbocycles. The highest BCUT2D eigenvalue weighted by Crippen LogP contribution is 2.18. The highest BCUT2D eigenvalue weighted by molar-refractivity contribution is 7.98. The van der Waals surface area contributed by atoms with E-state index in [1.54, 1.807) is 38.6 Å². The van der Waals surface area contributed by atoms with E-state index in [0.29, 0.717) is 39.9 Å². The SMILES string of the molecule is COc1cc2cnc(NC3CCOCC3)nc2n(C)c1=O.COc1cc2cnc(SC)nc2n(C)c1=O. The molecule has 0 spiro atoms. The van der Waals surface area contributed by atoms with E-state index in [1.807, 2.05) is 6.26 Å². The van der Waals surface area contributed by atoms with Crippen LogP contribution in [0.4, 0.5) is 5.95 Å². The Labute approximate surface area is 217 Å². The number of aryl methyl sites for hydroxylation is 2. The zero-order valence-corrected chi connectivity index (χ0v) is 22.2. The Morgan fingerprint density at radius 2 is 1.46 bits per heavy atom. The molecule has 0 bridgehead atoms. The number of pyridine rings is 2. The maximum Gasteiger partial charge on any atom is 0.294 e. The van der Waals surface area contributed by atoms with Crippen molar-refractivity contribution < 1.29 is 14.2 Å². The van der Waals surface area contributed by atoms with Crippen molar-refractivity contribution in [1.29, 1.82) is 0 Å². The molecular formula is C24H29N7O5S. The van der Waals surface area contributed by atoms with Crippen LogP contribution in [-0.4, -0.2) is 68.8 Å². The Morgan fingerprint density at radius 1 is 0.919 bits per heavy atom. The van der Waals surface area contributed by atoms with E-state index in [1.165, 1.54) is 35.1 Å². The Kier molecular flexibility index (Phi) is 8.24. The minimum atomic E-state index is -0.208. The Balaban J connectivity index is 0.000000180. The lowest BCUT2D eigenvalue weighted by Crippen LogP contribution is -2.29. The molecular weight excluding hydrogens is 498 g/mol. The molecule has 4 aromatic rings. The number of aromatic nitrogens is 6. The fourth-order valence-corrected chi connectivity index (χ4v) is 4.24. The molecule has 13 heteroatoms. The second-order valence-corrected chi connectivity index (χ2v) is 9.07. The summed E-state index contributed by atoms with van der Waals surface area (Å²) < 4.78 is 18.3. The van der Waals surface area contributed by atoms with E-state index < -0.39 is 0 Å². The number of fused-ring (bicyclic) bond motifs is 2. The van der Waals surface area contributed by atoms with Crippen molar-refractivity contribution in [1.82, 2.24) is 29.1 Å². The Hall–Kier alpha value is -3.71. The fraction of sp³-hybridized carbons (Fsp3) is 0.417. The number of nitrogens with one attached hydrogen (secondary N) is 1. The van der Waals surface area contributed by atoms with Gasteiger partial charge in [-0.3, -0.25) is 18.7 Å². The predicted molar refractivity (Wildman–Crippen MR) is 142 cm³/mol. The minimum Gasteiger partial charge on any atom is -0.491 e. The number of nitrogens with zero attached hydrogens (tertiary/aromatic N) is 6. The van der Waals surface area contributed by atoms with Gasteiger partial charge in [-0.1, -0.05) is 11.8 Å². The highest BCUT2D eigenvalue weighted by atomic mass is 32.2. The van der Waals surface area contributed by atoms with Gasteiger partial charge in [0.2, 0.25) is 5.95 Å². The van der Waals surface area contributed by atoms with Crippen LogP contribution in [0.3, 0.4) is 0 Å². The van der Waals surface area contributed by atoms with Crippen molar-refractivity contribution >= 4 is 39.8 Å². The Morgan fingerprint density at radius 3 is 2.00 bits per heavy atom. The fourth-order valence-electron chi connectivity index (χ4n) is 3.90. The molecule has 196 valence electrons. The van der Waals surface area contributed by atoms with Crippen LogP contribution in [0.15, 0.2) is 39.3 Å². The van der Waals surface area contributed by atoms with Crippen LogP contribution in [-0.2, 0) is 18.8 Å². The van der Waals surface area contributed by atoms with Gasteiger partial charge in [-0.25, -0.2) is 15.0 Å². The van der Waals surface area contributed by atoms with E-state index in [0.717, 1.165) is 36.8 Å². The van der Waals surface area contributed by atoms with Crippen LogP contribution in [0.1, 0.15) is 12.8 Å². The zero-order valence-electron chi connectivity index (χ0n) is 21.3. The molecule has 0 amide bonds. The van der Waals surface area contributed by atoms with Crippen molar-refractivity contribution in [3.63, 3.8) is 0 Å². The molecule has 5 heterocycles. The number of ether oxygens (including phenoxy) is 3. The molecule has 0 aromatic carbocycles. The van der Waals surface area contributed by atoms with Gasteiger partial charge < -0.3 is 19.5 Å². The maximum atomic E-state index is 12.1. The summed E-state index contributed by atoms with van der Waals surface area (Å²) in [7, 11) is 6.30. The number of thioether (sulfide) groups is 1. The van der Waals surface area contributed by atoms with Crippen molar-refractivity contribution in [2.75, 3.05) is 39.0 Å². The summed E-state index contributed by atoms with van der Waals surface area (Å²) in [6.45, 7) is 1.50. The molecule has 1 saturated heterocycles. The van der Waals surface area contributed by atoms with E-state index in [4.69, 9.17) is 14.2 Å². The van der Waals surface area contributed by atoms with Crippen LogP contribution < -0.4 is 25.9 Å². The average molecular weight is 528 g/mol. The van der Waals surface area contributed by atoms with Crippen molar-refractivity contribution in [3.05, 3.63) is 45.2 Å². The molecule has 0 unspecified atom stereocenters. The van der Waals surface area contributed by atoms with Crippen LogP contribution in [0.2, 0.25) is 0 Å². The molecule has 0 radical (unpaired) electrons. The van der Waals surface area contributed by atoms with Crippen molar-refractivity contribution in [3.8, 4) is 11.5 Å². The highest BCUT2D eigenvalue weighted by Gasteiger charge is 2.16. The van der Waals surface area contributed by atoms with Gasteiger partial charge in [-0.05, 0) is 31.2 Å². The monoisotopic (exact) mass is 527 g/mol. The first-order chi connectivity index (χ1) is 17.9. The molecule has 1 fully saturated rings. The third-order valence-electron chi connectivity index (χ3n) is 5.99. The molecule has 1 aliphatic rings. The summed E-state index contributed by atoms with van der Waals surface area (Å²) in [5.41, 5.74) is 0.803. The van der Waals surface area contributed by atoms with Gasteiger partial charge in [0.15, 0.2) is 16.7 Å². The number of hydrogen-bond donors (Lipinski definition) is 1. The van der Waals surface area contributed by atoms with Gasteiger partial charge in [0.05, 0.1) is 14.2 Å². The Bertz CT molecular complexity index is 1530. The second kappa shape index (κ2) is 11.6. The van der Waals surface area contributed by atoms with Crippen LogP contribution in [0.5, 0.6) is 11.5 Å². The molecule has 12 nitrogen and oxygen atoms in total. The first-order valence-electron chi connectivity index (χ1n) is 11.6. The summed E-state index contributed by atoms with van der Waals surface area (Å²) in [4.78, 5) is 41.0. The smallest absolute Gasteiger partial charge is 0.294 e. The van der Waals surface area contributed by atoms with Crippen LogP contribution in [0.25, 0.3) is 22.1 Å². The largest absolute Gasteiger partial charge is 0.491 e. The molecule has 4 aromatic heterocycles. The summed E-state index contributed by atoms with van der Waals surface area (Å²) >= 11 is 1.44. The third kappa shape index (κ3) is 5.67. The number of anilines is 1. The summed E-state index contributed by atoms with van der Waals surface area (Å²) in [6.07, 6.45) is 7.15.